The van der Waals surface area contributed by atoms with Crippen LogP contribution in [-0.2, 0) is 11.8 Å². The summed E-state index contributed by atoms with van der Waals surface area (Å²) < 4.78 is 5.87. The molecule has 2 aromatic rings. The molecule has 2 fully saturated rings. The minimum Gasteiger partial charge on any atom is -0.421 e. The molecule has 3 heteroatoms. The summed E-state index contributed by atoms with van der Waals surface area (Å²) in [4.78, 5) is 13.0. The van der Waals surface area contributed by atoms with E-state index < -0.39 is 5.63 Å². The molecule has 4 aliphatic rings. The number of nitrogens with zero attached hydrogens (tertiary/aromatic N) is 1. The van der Waals surface area contributed by atoms with E-state index in [-0.39, 0.29) is 11.0 Å². The number of fused-ring (bicyclic) bond motifs is 7. The predicted octanol–water partition coefficient (Wildman–Crippen LogP) is 6.71. The molecule has 1 heterocycles. The van der Waals surface area contributed by atoms with E-state index in [4.69, 9.17) is 4.42 Å². The molecule has 3 nitrogen and oxygen atoms in total. The average Bonchev–Trinajstić information content (AvgIpc) is 3.12. The first kappa shape index (κ1) is 21.0. The minimum atomic E-state index is -0.469. The molecule has 0 aliphatic heterocycles. The number of benzene rings is 1. The third-order valence-electron chi connectivity index (χ3n) is 10.2. The summed E-state index contributed by atoms with van der Waals surface area (Å²) >= 11 is 0. The van der Waals surface area contributed by atoms with Gasteiger partial charge < -0.3 is 4.42 Å². The molecule has 0 N–H and O–H groups in total. The fourth-order valence-electron chi connectivity index (χ4n) is 8.49. The third-order valence-corrected chi connectivity index (χ3v) is 10.2. The van der Waals surface area contributed by atoms with E-state index in [9.17, 15) is 10.1 Å². The van der Waals surface area contributed by atoms with Gasteiger partial charge in [-0.2, -0.15) is 5.26 Å². The Balaban J connectivity index is 1.49. The molecule has 1 aromatic carbocycles. The molecule has 6 atom stereocenters. The fraction of sp³-hybridized carbons (Fsp3) is 0.533. The van der Waals surface area contributed by atoms with Gasteiger partial charge in [0.05, 0.1) is 0 Å². The van der Waals surface area contributed by atoms with Crippen LogP contribution in [-0.4, -0.2) is 0 Å². The minimum absolute atomic E-state index is 0.120. The van der Waals surface area contributed by atoms with E-state index in [1.54, 1.807) is 0 Å². The van der Waals surface area contributed by atoms with Crippen molar-refractivity contribution in [1.82, 2.24) is 0 Å². The van der Waals surface area contributed by atoms with Crippen molar-refractivity contribution >= 4 is 0 Å². The lowest BCUT2D eigenvalue weighted by atomic mass is 9.46. The Morgan fingerprint density at radius 1 is 1.06 bits per heavy atom. The van der Waals surface area contributed by atoms with Crippen LogP contribution in [0.15, 0.2) is 45.6 Å². The van der Waals surface area contributed by atoms with Gasteiger partial charge in [0.1, 0.15) is 17.4 Å². The van der Waals surface area contributed by atoms with Gasteiger partial charge in [0.15, 0.2) is 0 Å². The van der Waals surface area contributed by atoms with E-state index in [1.807, 2.05) is 12.1 Å². The summed E-state index contributed by atoms with van der Waals surface area (Å²) in [7, 11) is 0. The standard InChI is InChI=1S/C30H33NO2/c1-18-7-9-19(10-8-18)27-22-16-25-21-12-11-20-6-4-5-14-29(20,2)24(21)13-15-30(25,3)26(22)23(17-31)28(32)33-27/h4,6-10,20-21,24-25H,5,11-16H2,1-3H3/t20-,21-,24+,25+,29+,30+/m1/s1. The number of allylic oxidation sites excluding steroid dienone is 2. The highest BCUT2D eigenvalue weighted by Gasteiger charge is 2.59. The van der Waals surface area contributed by atoms with Gasteiger partial charge in [0.2, 0.25) is 0 Å². The zero-order valence-corrected chi connectivity index (χ0v) is 20.0. The van der Waals surface area contributed by atoms with Crippen molar-refractivity contribution in [3.63, 3.8) is 0 Å². The predicted molar refractivity (Wildman–Crippen MR) is 130 cm³/mol. The van der Waals surface area contributed by atoms with Crippen molar-refractivity contribution in [1.29, 1.82) is 5.26 Å². The van der Waals surface area contributed by atoms with Crippen molar-refractivity contribution in [3.05, 3.63) is 69.1 Å². The van der Waals surface area contributed by atoms with Crippen LogP contribution in [0.4, 0.5) is 0 Å². The van der Waals surface area contributed by atoms with Gasteiger partial charge >= 0.3 is 5.63 Å². The van der Waals surface area contributed by atoms with Crippen molar-refractivity contribution in [2.75, 3.05) is 0 Å². The van der Waals surface area contributed by atoms with Gasteiger partial charge in [0.25, 0.3) is 0 Å². The summed E-state index contributed by atoms with van der Waals surface area (Å²) in [6.45, 7) is 6.96. The van der Waals surface area contributed by atoms with Crippen LogP contribution in [0.3, 0.4) is 0 Å². The molecule has 33 heavy (non-hydrogen) atoms. The van der Waals surface area contributed by atoms with Crippen LogP contribution >= 0.6 is 0 Å². The molecule has 1 aromatic heterocycles. The molecule has 0 bridgehead atoms. The maximum atomic E-state index is 13.0. The normalized spacial score (nSPS) is 36.3. The SMILES string of the molecule is Cc1ccc(-c2oc(=O)c(C#N)c3c2C[C@H]2[C@@H]4CC[C@H]5C=CCC[C@]5(C)[C@H]4CC[C@]32C)cc1. The molecule has 0 unspecified atom stereocenters. The maximum absolute atomic E-state index is 13.0. The third kappa shape index (κ3) is 2.82. The molecular weight excluding hydrogens is 406 g/mol. The van der Waals surface area contributed by atoms with E-state index in [0.29, 0.717) is 28.9 Å². The van der Waals surface area contributed by atoms with Crippen LogP contribution in [0.1, 0.15) is 74.6 Å². The zero-order chi connectivity index (χ0) is 23.0. The number of aryl methyl sites for hydroxylation is 1. The first-order chi connectivity index (χ1) is 15.9. The number of nitriles is 1. The first-order valence-electron chi connectivity index (χ1n) is 12.7. The lowest BCUT2D eigenvalue weighted by molar-refractivity contribution is -0.0652. The Hall–Kier alpha value is -2.60. The van der Waals surface area contributed by atoms with E-state index >= 15 is 0 Å². The first-order valence-corrected chi connectivity index (χ1v) is 12.7. The second-order valence-corrected chi connectivity index (χ2v) is 11.6. The average molecular weight is 440 g/mol. The van der Waals surface area contributed by atoms with Gasteiger partial charge in [-0.25, -0.2) is 4.79 Å². The molecule has 2 saturated carbocycles. The Morgan fingerprint density at radius 2 is 1.85 bits per heavy atom. The highest BCUT2D eigenvalue weighted by molar-refractivity contribution is 5.67. The van der Waals surface area contributed by atoms with Crippen molar-refractivity contribution in [2.24, 2.45) is 29.1 Å². The maximum Gasteiger partial charge on any atom is 0.354 e. The van der Waals surface area contributed by atoms with Crippen LogP contribution in [0.5, 0.6) is 0 Å². The van der Waals surface area contributed by atoms with Crippen molar-refractivity contribution in [3.8, 4) is 17.4 Å². The van der Waals surface area contributed by atoms with E-state index in [0.717, 1.165) is 35.4 Å². The molecule has 0 spiro atoms. The highest BCUT2D eigenvalue weighted by atomic mass is 16.4. The van der Waals surface area contributed by atoms with Gasteiger partial charge in [0, 0.05) is 11.1 Å². The second-order valence-electron chi connectivity index (χ2n) is 11.6. The Morgan fingerprint density at radius 3 is 2.61 bits per heavy atom. The molecular formula is C30H33NO2. The Bertz CT molecular complexity index is 1250. The lowest BCUT2D eigenvalue weighted by Crippen LogP contribution is -2.52. The topological polar surface area (TPSA) is 54.0 Å². The van der Waals surface area contributed by atoms with Crippen LogP contribution in [0.2, 0.25) is 0 Å². The number of hydrogen-bond acceptors (Lipinski definition) is 3. The summed E-state index contributed by atoms with van der Waals surface area (Å²) in [5.41, 5.74) is 4.32. The monoisotopic (exact) mass is 439 g/mol. The molecule has 170 valence electrons. The van der Waals surface area contributed by atoms with Gasteiger partial charge in [-0.05, 0) is 91.9 Å². The van der Waals surface area contributed by atoms with Gasteiger partial charge in [-0.3, -0.25) is 0 Å². The number of rotatable bonds is 1. The number of hydrogen-bond donors (Lipinski definition) is 0. The molecule has 6 rings (SSSR count). The molecule has 0 radical (unpaired) electrons. The zero-order valence-electron chi connectivity index (χ0n) is 20.0. The molecule has 0 amide bonds. The summed E-state index contributed by atoms with van der Waals surface area (Å²) in [6.07, 6.45) is 13.1. The quantitative estimate of drug-likeness (QED) is 0.464. The second kappa shape index (κ2) is 7.20. The Labute approximate surface area is 196 Å². The van der Waals surface area contributed by atoms with Crippen molar-refractivity contribution in [2.45, 2.75) is 71.1 Å². The summed E-state index contributed by atoms with van der Waals surface area (Å²) in [5.74, 6) is 3.26. The summed E-state index contributed by atoms with van der Waals surface area (Å²) in [5, 5.41) is 10.00. The van der Waals surface area contributed by atoms with E-state index in [1.165, 1.54) is 37.7 Å². The van der Waals surface area contributed by atoms with Crippen LogP contribution < -0.4 is 5.63 Å². The van der Waals surface area contributed by atoms with Gasteiger partial charge in [-0.15, -0.1) is 0 Å². The van der Waals surface area contributed by atoms with Crippen LogP contribution in [0, 0.1) is 47.3 Å². The fourth-order valence-corrected chi connectivity index (χ4v) is 8.49. The molecule has 4 aliphatic carbocycles. The van der Waals surface area contributed by atoms with E-state index in [2.05, 4.69) is 51.1 Å². The smallest absolute Gasteiger partial charge is 0.354 e. The highest BCUT2D eigenvalue weighted by Crippen LogP contribution is 2.65. The van der Waals surface area contributed by atoms with Crippen LogP contribution in [0.25, 0.3) is 11.3 Å². The largest absolute Gasteiger partial charge is 0.421 e. The Kier molecular flexibility index (Phi) is 4.57. The summed E-state index contributed by atoms with van der Waals surface area (Å²) in [6, 6.07) is 10.5. The lowest BCUT2D eigenvalue weighted by Gasteiger charge is -2.59. The van der Waals surface area contributed by atoms with Gasteiger partial charge in [-0.1, -0.05) is 55.8 Å². The molecule has 0 saturated heterocycles. The van der Waals surface area contributed by atoms with Crippen molar-refractivity contribution < 1.29 is 4.42 Å².